The van der Waals surface area contributed by atoms with E-state index in [-0.39, 0.29) is 12.3 Å². The van der Waals surface area contributed by atoms with Gasteiger partial charge in [0.1, 0.15) is 0 Å². The number of ether oxygens (including phenoxy) is 1. The van der Waals surface area contributed by atoms with E-state index < -0.39 is 11.5 Å². The molecule has 3 N–H and O–H groups in total. The molecule has 1 aromatic rings. The summed E-state index contributed by atoms with van der Waals surface area (Å²) in [6.45, 7) is 5.42. The summed E-state index contributed by atoms with van der Waals surface area (Å²) >= 11 is 0. The van der Waals surface area contributed by atoms with Crippen molar-refractivity contribution in [3.05, 3.63) is 29.3 Å². The van der Waals surface area contributed by atoms with Crippen molar-refractivity contribution >= 4 is 17.6 Å². The zero-order chi connectivity index (χ0) is 14.6. The summed E-state index contributed by atoms with van der Waals surface area (Å²) in [5.74, 6) is -0.618. The molecule has 0 unspecified atom stereocenters. The number of nitrogens with two attached hydrogens (primary N) is 1. The molecule has 5 nitrogen and oxygen atoms in total. The SMILES string of the molecule is COC(=O)c1ccc(C)c(NC(=O)CC(C)(C)N)c1. The maximum atomic E-state index is 11.8. The van der Waals surface area contributed by atoms with Crippen molar-refractivity contribution in [1.82, 2.24) is 0 Å². The number of anilines is 1. The third-order valence-corrected chi connectivity index (χ3v) is 2.55. The predicted octanol–water partition coefficient (Wildman–Crippen LogP) is 1.85. The number of carbonyl (C=O) groups is 2. The Bertz CT molecular complexity index is 490. The van der Waals surface area contributed by atoms with Crippen LogP contribution in [0.3, 0.4) is 0 Å². The number of benzene rings is 1. The van der Waals surface area contributed by atoms with Crippen molar-refractivity contribution in [2.24, 2.45) is 5.73 Å². The van der Waals surface area contributed by atoms with Gasteiger partial charge in [-0.1, -0.05) is 6.07 Å². The molecular formula is C14H20N2O3. The highest BCUT2D eigenvalue weighted by atomic mass is 16.5. The van der Waals surface area contributed by atoms with Crippen LogP contribution in [-0.2, 0) is 9.53 Å². The number of hydrogen-bond acceptors (Lipinski definition) is 4. The molecule has 0 aromatic heterocycles. The van der Waals surface area contributed by atoms with Crippen molar-refractivity contribution in [2.45, 2.75) is 32.7 Å². The van der Waals surface area contributed by atoms with Crippen LogP contribution in [0.5, 0.6) is 0 Å². The zero-order valence-corrected chi connectivity index (χ0v) is 11.7. The lowest BCUT2D eigenvalue weighted by molar-refractivity contribution is -0.117. The van der Waals surface area contributed by atoms with E-state index >= 15 is 0 Å². The molecule has 0 bridgehead atoms. The van der Waals surface area contributed by atoms with Crippen LogP contribution in [0.1, 0.15) is 36.2 Å². The molecule has 0 saturated heterocycles. The van der Waals surface area contributed by atoms with Crippen LogP contribution in [0.4, 0.5) is 5.69 Å². The number of rotatable bonds is 4. The Balaban J connectivity index is 2.88. The molecule has 1 aromatic carbocycles. The maximum Gasteiger partial charge on any atom is 0.337 e. The fourth-order valence-electron chi connectivity index (χ4n) is 1.61. The maximum absolute atomic E-state index is 11.8. The molecular weight excluding hydrogens is 244 g/mol. The van der Waals surface area contributed by atoms with Gasteiger partial charge >= 0.3 is 5.97 Å². The number of amides is 1. The highest BCUT2D eigenvalue weighted by Crippen LogP contribution is 2.18. The van der Waals surface area contributed by atoms with E-state index in [9.17, 15) is 9.59 Å². The first-order chi connectivity index (χ1) is 8.73. The molecule has 5 heteroatoms. The van der Waals surface area contributed by atoms with Crippen LogP contribution in [0.15, 0.2) is 18.2 Å². The molecule has 0 aliphatic carbocycles. The first-order valence-electron chi connectivity index (χ1n) is 6.00. The van der Waals surface area contributed by atoms with E-state index in [0.29, 0.717) is 11.3 Å². The molecule has 0 aliphatic heterocycles. The number of aryl methyl sites for hydroxylation is 1. The average molecular weight is 264 g/mol. The Morgan fingerprint density at radius 1 is 1.37 bits per heavy atom. The lowest BCUT2D eigenvalue weighted by atomic mass is 10.0. The minimum absolute atomic E-state index is 0.183. The molecule has 0 saturated carbocycles. The van der Waals surface area contributed by atoms with Crippen LogP contribution in [0, 0.1) is 6.92 Å². The summed E-state index contributed by atoms with van der Waals surface area (Å²) in [5, 5.41) is 2.76. The largest absolute Gasteiger partial charge is 0.465 e. The highest BCUT2D eigenvalue weighted by molar-refractivity contribution is 5.95. The summed E-state index contributed by atoms with van der Waals surface area (Å²) in [6, 6.07) is 5.02. The van der Waals surface area contributed by atoms with E-state index in [2.05, 4.69) is 10.1 Å². The minimum atomic E-state index is -0.571. The molecule has 1 rings (SSSR count). The number of carbonyl (C=O) groups excluding carboxylic acids is 2. The molecule has 104 valence electrons. The fraction of sp³-hybridized carbons (Fsp3) is 0.429. The summed E-state index contributed by atoms with van der Waals surface area (Å²) in [6.07, 6.45) is 0.203. The van der Waals surface area contributed by atoms with Crippen LogP contribution in [0.25, 0.3) is 0 Å². The highest BCUT2D eigenvalue weighted by Gasteiger charge is 2.17. The monoisotopic (exact) mass is 264 g/mol. The third-order valence-electron chi connectivity index (χ3n) is 2.55. The summed E-state index contributed by atoms with van der Waals surface area (Å²) in [5.41, 5.74) is 7.09. The molecule has 0 atom stereocenters. The molecule has 1 amide bonds. The normalized spacial score (nSPS) is 11.0. The van der Waals surface area contributed by atoms with Crippen molar-refractivity contribution in [3.8, 4) is 0 Å². The first-order valence-corrected chi connectivity index (χ1v) is 6.00. The van der Waals surface area contributed by atoms with Crippen molar-refractivity contribution < 1.29 is 14.3 Å². The van der Waals surface area contributed by atoms with E-state index in [4.69, 9.17) is 5.73 Å². The van der Waals surface area contributed by atoms with E-state index in [1.165, 1.54) is 7.11 Å². The lowest BCUT2D eigenvalue weighted by Gasteiger charge is -2.18. The zero-order valence-electron chi connectivity index (χ0n) is 11.7. The van der Waals surface area contributed by atoms with Gasteiger partial charge in [-0.2, -0.15) is 0 Å². The molecule has 19 heavy (non-hydrogen) atoms. The van der Waals surface area contributed by atoms with Gasteiger partial charge in [0.2, 0.25) is 5.91 Å². The van der Waals surface area contributed by atoms with Crippen molar-refractivity contribution in [2.75, 3.05) is 12.4 Å². The van der Waals surface area contributed by atoms with E-state index in [1.54, 1.807) is 32.0 Å². The van der Waals surface area contributed by atoms with Gasteiger partial charge < -0.3 is 15.8 Å². The second-order valence-corrected chi connectivity index (χ2v) is 5.23. The smallest absolute Gasteiger partial charge is 0.337 e. The van der Waals surface area contributed by atoms with Crippen LogP contribution >= 0.6 is 0 Å². The van der Waals surface area contributed by atoms with Gasteiger partial charge in [-0.15, -0.1) is 0 Å². The van der Waals surface area contributed by atoms with Crippen LogP contribution in [0.2, 0.25) is 0 Å². The van der Waals surface area contributed by atoms with Crippen molar-refractivity contribution in [3.63, 3.8) is 0 Å². The Labute approximate surface area is 113 Å². The molecule has 0 heterocycles. The Morgan fingerprint density at radius 2 is 2.00 bits per heavy atom. The van der Waals surface area contributed by atoms with E-state index in [0.717, 1.165) is 5.56 Å². The molecule has 0 radical (unpaired) electrons. The van der Waals surface area contributed by atoms with Crippen LogP contribution < -0.4 is 11.1 Å². The van der Waals surface area contributed by atoms with Gasteiger partial charge in [-0.25, -0.2) is 4.79 Å². The second-order valence-electron chi connectivity index (χ2n) is 5.23. The standard InChI is InChI=1S/C14H20N2O3/c1-9-5-6-10(13(18)19-4)7-11(9)16-12(17)8-14(2,3)15/h5-7H,8,15H2,1-4H3,(H,16,17). The average Bonchev–Trinajstić information content (AvgIpc) is 2.28. The first kappa shape index (κ1) is 15.2. The lowest BCUT2D eigenvalue weighted by Crippen LogP contribution is -2.36. The molecule has 0 spiro atoms. The fourth-order valence-corrected chi connectivity index (χ4v) is 1.61. The van der Waals surface area contributed by atoms with Crippen LogP contribution in [-0.4, -0.2) is 24.5 Å². The summed E-state index contributed by atoms with van der Waals surface area (Å²) in [4.78, 5) is 23.3. The summed E-state index contributed by atoms with van der Waals surface area (Å²) < 4.78 is 4.65. The number of esters is 1. The van der Waals surface area contributed by atoms with Gasteiger partial charge in [0.05, 0.1) is 12.7 Å². The predicted molar refractivity (Wildman–Crippen MR) is 74.0 cm³/mol. The Kier molecular flexibility index (Phi) is 4.67. The number of hydrogen-bond donors (Lipinski definition) is 2. The van der Waals surface area contributed by atoms with Gasteiger partial charge in [0.25, 0.3) is 0 Å². The topological polar surface area (TPSA) is 81.4 Å². The molecule has 0 aliphatic rings. The van der Waals surface area contributed by atoms with E-state index in [1.807, 2.05) is 6.92 Å². The summed E-state index contributed by atoms with van der Waals surface area (Å²) in [7, 11) is 1.32. The number of methoxy groups -OCH3 is 1. The minimum Gasteiger partial charge on any atom is -0.465 e. The molecule has 0 fully saturated rings. The van der Waals surface area contributed by atoms with Gasteiger partial charge in [0.15, 0.2) is 0 Å². The van der Waals surface area contributed by atoms with Gasteiger partial charge in [-0.05, 0) is 38.5 Å². The Hall–Kier alpha value is -1.88. The van der Waals surface area contributed by atoms with Crippen molar-refractivity contribution in [1.29, 1.82) is 0 Å². The third kappa shape index (κ3) is 4.71. The quantitative estimate of drug-likeness (QED) is 0.813. The van der Waals surface area contributed by atoms with Gasteiger partial charge in [-0.3, -0.25) is 4.79 Å². The number of nitrogens with one attached hydrogen (secondary N) is 1. The second kappa shape index (κ2) is 5.84. The Morgan fingerprint density at radius 3 is 2.53 bits per heavy atom. The van der Waals surface area contributed by atoms with Gasteiger partial charge in [0, 0.05) is 17.6 Å².